The average Bonchev–Trinajstić information content (AvgIpc) is 3.15. The van der Waals surface area contributed by atoms with E-state index in [9.17, 15) is 9.59 Å². The van der Waals surface area contributed by atoms with Crippen LogP contribution in [0.3, 0.4) is 0 Å². The molecule has 2 fully saturated rings. The lowest BCUT2D eigenvalue weighted by molar-refractivity contribution is -0.128. The third-order valence-corrected chi connectivity index (χ3v) is 5.97. The van der Waals surface area contributed by atoms with Gasteiger partial charge in [0.2, 0.25) is 11.8 Å². The van der Waals surface area contributed by atoms with E-state index in [2.05, 4.69) is 32.7 Å². The van der Waals surface area contributed by atoms with E-state index in [0.717, 1.165) is 44.9 Å². The molecule has 2 heterocycles. The Morgan fingerprint density at radius 3 is 2.47 bits per heavy atom. The predicted octanol–water partition coefficient (Wildman–Crippen LogP) is 2.35. The summed E-state index contributed by atoms with van der Waals surface area (Å²) in [7, 11) is 3.51. The third kappa shape index (κ3) is 6.58. The molecule has 0 unspecified atom stereocenters. The summed E-state index contributed by atoms with van der Waals surface area (Å²) in [6, 6.07) is 8.30. The highest BCUT2D eigenvalue weighted by molar-refractivity contribution is 14.0. The zero-order valence-corrected chi connectivity index (χ0v) is 20.4. The van der Waals surface area contributed by atoms with Crippen molar-refractivity contribution in [1.29, 1.82) is 0 Å². The van der Waals surface area contributed by atoms with Gasteiger partial charge in [0, 0.05) is 59.7 Å². The molecule has 1 aromatic rings. The molecule has 0 spiro atoms. The largest absolute Gasteiger partial charge is 0.359 e. The van der Waals surface area contributed by atoms with Gasteiger partial charge in [-0.2, -0.15) is 0 Å². The van der Waals surface area contributed by atoms with Crippen LogP contribution < -0.4 is 10.6 Å². The minimum atomic E-state index is 0. The Bertz CT molecular complexity index is 747. The molecule has 0 saturated carbocycles. The number of carbonyl (C=O) groups is 2. The zero-order valence-electron chi connectivity index (χ0n) is 18.0. The fourth-order valence-electron chi connectivity index (χ4n) is 4.18. The summed E-state index contributed by atoms with van der Waals surface area (Å²) in [6.07, 6.45) is 4.24. The monoisotopic (exact) mass is 527 g/mol. The molecule has 2 aliphatic rings. The van der Waals surface area contributed by atoms with Crippen LogP contribution in [0.25, 0.3) is 0 Å². The van der Waals surface area contributed by atoms with Crippen molar-refractivity contribution in [2.75, 3.05) is 33.7 Å². The Balaban J connectivity index is 0.00000320. The molecule has 0 atom stereocenters. The fourth-order valence-corrected chi connectivity index (χ4v) is 4.18. The molecular weight excluding hydrogens is 493 g/mol. The number of likely N-dealkylation sites (tertiary alicyclic amines) is 2. The highest BCUT2D eigenvalue weighted by Crippen LogP contribution is 2.21. The van der Waals surface area contributed by atoms with Crippen molar-refractivity contribution >= 4 is 41.8 Å². The van der Waals surface area contributed by atoms with Gasteiger partial charge in [-0.1, -0.05) is 24.3 Å². The molecule has 0 bridgehead atoms. The van der Waals surface area contributed by atoms with Crippen LogP contribution in [0.1, 0.15) is 43.2 Å². The first-order chi connectivity index (χ1) is 14.1. The third-order valence-electron chi connectivity index (χ3n) is 5.97. The first kappa shape index (κ1) is 24.4. The quantitative estimate of drug-likeness (QED) is 0.339. The molecule has 30 heavy (non-hydrogen) atoms. The number of hydrogen-bond acceptors (Lipinski definition) is 3. The lowest BCUT2D eigenvalue weighted by Crippen LogP contribution is -2.45. The second kappa shape index (κ2) is 12.1. The molecular formula is C22H34IN5O2. The van der Waals surface area contributed by atoms with E-state index in [-0.39, 0.29) is 35.8 Å². The van der Waals surface area contributed by atoms with Gasteiger partial charge in [0.05, 0.1) is 0 Å². The first-order valence-corrected chi connectivity index (χ1v) is 10.6. The normalized spacial score (nSPS) is 17.7. The Kier molecular flexibility index (Phi) is 9.87. The smallest absolute Gasteiger partial charge is 0.222 e. The Morgan fingerprint density at radius 2 is 1.87 bits per heavy atom. The molecule has 3 rings (SSSR count). The van der Waals surface area contributed by atoms with Gasteiger partial charge in [-0.15, -0.1) is 24.0 Å². The molecule has 1 aromatic carbocycles. The zero-order chi connectivity index (χ0) is 20.6. The molecule has 8 heteroatoms. The average molecular weight is 527 g/mol. The second-order valence-corrected chi connectivity index (χ2v) is 7.90. The lowest BCUT2D eigenvalue weighted by Gasteiger charge is -2.34. The van der Waals surface area contributed by atoms with Gasteiger partial charge in [-0.05, 0) is 36.3 Å². The van der Waals surface area contributed by atoms with Crippen molar-refractivity contribution < 1.29 is 9.59 Å². The topological polar surface area (TPSA) is 77.0 Å². The van der Waals surface area contributed by atoms with Crippen LogP contribution >= 0.6 is 24.0 Å². The Hall–Kier alpha value is -1.84. The number of guanidine groups is 1. The van der Waals surface area contributed by atoms with Gasteiger partial charge < -0.3 is 20.4 Å². The van der Waals surface area contributed by atoms with Crippen molar-refractivity contribution in [3.8, 4) is 0 Å². The van der Waals surface area contributed by atoms with Crippen molar-refractivity contribution in [2.24, 2.45) is 10.9 Å². The lowest BCUT2D eigenvalue weighted by atomic mass is 9.93. The van der Waals surface area contributed by atoms with Crippen molar-refractivity contribution in [3.63, 3.8) is 0 Å². The molecule has 2 N–H and O–H groups in total. The summed E-state index contributed by atoms with van der Waals surface area (Å²) in [5.74, 6) is 1.72. The summed E-state index contributed by atoms with van der Waals surface area (Å²) < 4.78 is 0. The van der Waals surface area contributed by atoms with Crippen LogP contribution in [-0.2, 0) is 22.7 Å². The van der Waals surface area contributed by atoms with Gasteiger partial charge in [0.1, 0.15) is 0 Å². The molecule has 0 radical (unpaired) electrons. The molecule has 0 aromatic heterocycles. The highest BCUT2D eigenvalue weighted by atomic mass is 127. The Labute approximate surface area is 196 Å². The first-order valence-electron chi connectivity index (χ1n) is 10.6. The van der Waals surface area contributed by atoms with Crippen molar-refractivity contribution in [2.45, 2.75) is 45.2 Å². The second-order valence-electron chi connectivity index (χ2n) is 7.90. The molecule has 7 nitrogen and oxygen atoms in total. The van der Waals surface area contributed by atoms with Crippen molar-refractivity contribution in [1.82, 2.24) is 20.4 Å². The SMILES string of the molecule is CN=C(NCc1ccccc1CN1CCCC1=O)N1CCC(CC(=O)NC)CC1.I. The van der Waals surface area contributed by atoms with Crippen LogP contribution in [-0.4, -0.2) is 61.3 Å². The molecule has 2 amide bonds. The maximum Gasteiger partial charge on any atom is 0.222 e. The number of halogens is 1. The van der Waals surface area contributed by atoms with Crippen LogP contribution in [0.4, 0.5) is 0 Å². The summed E-state index contributed by atoms with van der Waals surface area (Å²) in [6.45, 7) is 4.03. The van der Waals surface area contributed by atoms with E-state index < -0.39 is 0 Å². The summed E-state index contributed by atoms with van der Waals surface area (Å²) in [5.41, 5.74) is 2.39. The standard InChI is InChI=1S/C22H33N5O2.HI/c1-23-20(28)14-17-9-12-26(13-10-17)22(24-2)25-15-18-6-3-4-7-19(18)16-27-11-5-8-21(27)29;/h3-4,6-7,17H,5,8-16H2,1-2H3,(H,23,28)(H,24,25);1H. The van der Waals surface area contributed by atoms with Gasteiger partial charge in [0.15, 0.2) is 5.96 Å². The van der Waals surface area contributed by atoms with E-state index in [1.165, 1.54) is 11.1 Å². The van der Waals surface area contributed by atoms with Gasteiger partial charge >= 0.3 is 0 Å². The minimum Gasteiger partial charge on any atom is -0.359 e. The number of benzene rings is 1. The molecule has 166 valence electrons. The highest BCUT2D eigenvalue weighted by Gasteiger charge is 2.24. The van der Waals surface area contributed by atoms with E-state index >= 15 is 0 Å². The number of carbonyl (C=O) groups excluding carboxylic acids is 2. The van der Waals surface area contributed by atoms with E-state index in [1.807, 2.05) is 24.1 Å². The number of piperidine rings is 1. The summed E-state index contributed by atoms with van der Waals surface area (Å²) in [5, 5.41) is 6.21. The van der Waals surface area contributed by atoms with Crippen LogP contribution in [0.15, 0.2) is 29.3 Å². The Morgan fingerprint density at radius 1 is 1.17 bits per heavy atom. The van der Waals surface area contributed by atoms with E-state index in [4.69, 9.17) is 0 Å². The van der Waals surface area contributed by atoms with Gasteiger partial charge in [-0.25, -0.2) is 0 Å². The number of aliphatic imine (C=N–C) groups is 1. The van der Waals surface area contributed by atoms with Crippen LogP contribution in [0.5, 0.6) is 0 Å². The maximum absolute atomic E-state index is 12.0. The van der Waals surface area contributed by atoms with Crippen molar-refractivity contribution in [3.05, 3.63) is 35.4 Å². The van der Waals surface area contributed by atoms with Gasteiger partial charge in [-0.3, -0.25) is 14.6 Å². The minimum absolute atomic E-state index is 0. The number of nitrogens with one attached hydrogen (secondary N) is 2. The fraction of sp³-hybridized carbons (Fsp3) is 0.591. The molecule has 2 saturated heterocycles. The van der Waals surface area contributed by atoms with Crippen LogP contribution in [0.2, 0.25) is 0 Å². The van der Waals surface area contributed by atoms with Gasteiger partial charge in [0.25, 0.3) is 0 Å². The maximum atomic E-state index is 12.0. The number of hydrogen-bond donors (Lipinski definition) is 2. The number of amides is 2. The van der Waals surface area contributed by atoms with Crippen LogP contribution in [0, 0.1) is 5.92 Å². The molecule has 0 aliphatic carbocycles. The summed E-state index contributed by atoms with van der Waals surface area (Å²) in [4.78, 5) is 32.3. The predicted molar refractivity (Wildman–Crippen MR) is 130 cm³/mol. The molecule has 2 aliphatic heterocycles. The number of nitrogens with zero attached hydrogens (tertiary/aromatic N) is 3. The number of rotatable bonds is 6. The van der Waals surface area contributed by atoms with E-state index in [1.54, 1.807) is 7.05 Å². The van der Waals surface area contributed by atoms with E-state index in [0.29, 0.717) is 31.8 Å². The summed E-state index contributed by atoms with van der Waals surface area (Å²) >= 11 is 0.